The monoisotopic (exact) mass is 325 g/mol. The van der Waals surface area contributed by atoms with E-state index in [0.717, 1.165) is 25.7 Å². The molecule has 2 aliphatic rings. The van der Waals surface area contributed by atoms with E-state index in [4.69, 9.17) is 0 Å². The van der Waals surface area contributed by atoms with Crippen molar-refractivity contribution in [1.29, 1.82) is 0 Å². The maximum absolute atomic E-state index is 12.2. The van der Waals surface area contributed by atoms with E-state index < -0.39 is 15.3 Å². The molecule has 3 atom stereocenters. The number of hydrogen-bond donors (Lipinski definition) is 2. The fraction of sp³-hybridized carbons (Fsp3) is 0.917. The van der Waals surface area contributed by atoms with Crippen molar-refractivity contribution in [2.24, 2.45) is 0 Å². The highest BCUT2D eigenvalue weighted by Crippen LogP contribution is 2.27. The second-order valence-electron chi connectivity index (χ2n) is 5.84. The summed E-state index contributed by atoms with van der Waals surface area (Å²) in [6.45, 7) is 1.44. The van der Waals surface area contributed by atoms with E-state index in [-0.39, 0.29) is 24.4 Å². The standard InChI is InChI=1S/C12H23N3O3S.ClH/c1-8(12(16)15(2)3)19(17,18)14-11-6-9-4-5-10(7-11)13-9;/h8-11,13-14H,4-7H2,1-3H3;1H. The van der Waals surface area contributed by atoms with Gasteiger partial charge in [-0.1, -0.05) is 0 Å². The molecule has 6 nitrogen and oxygen atoms in total. The molecule has 0 aromatic heterocycles. The highest BCUT2D eigenvalue weighted by atomic mass is 35.5. The van der Waals surface area contributed by atoms with Crippen LogP contribution in [0.1, 0.15) is 32.6 Å². The minimum atomic E-state index is -3.59. The van der Waals surface area contributed by atoms with Gasteiger partial charge in [-0.15, -0.1) is 12.4 Å². The topological polar surface area (TPSA) is 78.5 Å². The van der Waals surface area contributed by atoms with E-state index in [1.807, 2.05) is 0 Å². The van der Waals surface area contributed by atoms with Crippen LogP contribution in [0.3, 0.4) is 0 Å². The summed E-state index contributed by atoms with van der Waals surface area (Å²) in [4.78, 5) is 13.1. The summed E-state index contributed by atoms with van der Waals surface area (Å²) < 4.78 is 27.1. The maximum Gasteiger partial charge on any atom is 0.241 e. The summed E-state index contributed by atoms with van der Waals surface area (Å²) in [5.74, 6) is -0.385. The van der Waals surface area contributed by atoms with Gasteiger partial charge in [0.2, 0.25) is 15.9 Å². The van der Waals surface area contributed by atoms with Crippen molar-refractivity contribution >= 4 is 28.3 Å². The molecule has 2 fully saturated rings. The second-order valence-corrected chi connectivity index (χ2v) is 7.88. The van der Waals surface area contributed by atoms with Crippen LogP contribution in [0.4, 0.5) is 0 Å². The van der Waals surface area contributed by atoms with Crippen molar-refractivity contribution in [3.05, 3.63) is 0 Å². The molecule has 1 amide bonds. The number of carbonyl (C=O) groups excluding carboxylic acids is 1. The SMILES string of the molecule is CC(C(=O)N(C)C)S(=O)(=O)NC1CC2CCC(C1)N2.Cl. The molecule has 0 aromatic carbocycles. The van der Waals surface area contributed by atoms with Gasteiger partial charge in [0.25, 0.3) is 0 Å². The van der Waals surface area contributed by atoms with Crippen LogP contribution in [0.5, 0.6) is 0 Å². The Kier molecular flexibility index (Phi) is 5.83. The molecule has 0 saturated carbocycles. The Morgan fingerprint density at radius 1 is 1.25 bits per heavy atom. The molecule has 2 rings (SSSR count). The maximum atomic E-state index is 12.2. The fourth-order valence-corrected chi connectivity index (χ4v) is 4.32. The lowest BCUT2D eigenvalue weighted by Gasteiger charge is -2.30. The Morgan fingerprint density at radius 3 is 2.20 bits per heavy atom. The van der Waals surface area contributed by atoms with Crippen LogP contribution in [0.2, 0.25) is 0 Å². The summed E-state index contributed by atoms with van der Waals surface area (Å²) in [5.41, 5.74) is 0. The van der Waals surface area contributed by atoms with E-state index in [2.05, 4.69) is 10.0 Å². The van der Waals surface area contributed by atoms with Gasteiger partial charge in [-0.3, -0.25) is 4.79 Å². The van der Waals surface area contributed by atoms with Gasteiger partial charge >= 0.3 is 0 Å². The van der Waals surface area contributed by atoms with Crippen LogP contribution < -0.4 is 10.0 Å². The Morgan fingerprint density at radius 2 is 1.75 bits per heavy atom. The van der Waals surface area contributed by atoms with Gasteiger partial charge in [-0.05, 0) is 32.6 Å². The number of nitrogens with zero attached hydrogens (tertiary/aromatic N) is 1. The lowest BCUT2D eigenvalue weighted by molar-refractivity contribution is -0.127. The average molecular weight is 326 g/mol. The molecular formula is C12H24ClN3O3S. The summed E-state index contributed by atoms with van der Waals surface area (Å²) in [7, 11) is -0.455. The first kappa shape index (κ1) is 17.7. The number of fused-ring (bicyclic) bond motifs is 2. The molecule has 2 heterocycles. The highest BCUT2D eigenvalue weighted by molar-refractivity contribution is 7.90. The number of rotatable bonds is 4. The summed E-state index contributed by atoms with van der Waals surface area (Å²) in [5, 5.41) is 2.43. The zero-order valence-electron chi connectivity index (χ0n) is 12.1. The Labute approximate surface area is 127 Å². The normalized spacial score (nSPS) is 30.4. The van der Waals surface area contributed by atoms with Crippen LogP contribution in [0, 0.1) is 0 Å². The van der Waals surface area contributed by atoms with Crippen LogP contribution in [0.15, 0.2) is 0 Å². The molecule has 0 aliphatic carbocycles. The number of piperidine rings is 1. The third-order valence-corrected chi connectivity index (χ3v) is 5.85. The fourth-order valence-electron chi connectivity index (χ4n) is 2.98. The number of carbonyl (C=O) groups is 1. The van der Waals surface area contributed by atoms with Crippen molar-refractivity contribution in [1.82, 2.24) is 14.9 Å². The van der Waals surface area contributed by atoms with Crippen molar-refractivity contribution in [2.75, 3.05) is 14.1 Å². The molecule has 2 saturated heterocycles. The van der Waals surface area contributed by atoms with E-state index in [0.29, 0.717) is 12.1 Å². The number of amides is 1. The molecule has 0 aromatic rings. The Hall–Kier alpha value is -0.370. The quantitative estimate of drug-likeness (QED) is 0.767. The zero-order chi connectivity index (χ0) is 14.2. The molecule has 2 aliphatic heterocycles. The van der Waals surface area contributed by atoms with Crippen molar-refractivity contribution < 1.29 is 13.2 Å². The zero-order valence-corrected chi connectivity index (χ0v) is 13.8. The number of sulfonamides is 1. The smallest absolute Gasteiger partial charge is 0.241 e. The number of nitrogens with one attached hydrogen (secondary N) is 2. The second kappa shape index (κ2) is 6.60. The molecule has 118 valence electrons. The molecular weight excluding hydrogens is 302 g/mol. The van der Waals surface area contributed by atoms with Gasteiger partial charge in [0.05, 0.1) is 0 Å². The molecule has 0 radical (unpaired) electrons. The van der Waals surface area contributed by atoms with Gasteiger partial charge in [0, 0.05) is 32.2 Å². The largest absolute Gasteiger partial charge is 0.348 e. The molecule has 8 heteroatoms. The van der Waals surface area contributed by atoms with E-state index in [9.17, 15) is 13.2 Å². The van der Waals surface area contributed by atoms with Crippen molar-refractivity contribution in [2.45, 2.75) is 56.0 Å². The van der Waals surface area contributed by atoms with E-state index in [1.165, 1.54) is 11.8 Å². The molecule has 2 bridgehead atoms. The Balaban J connectivity index is 0.00000200. The summed E-state index contributed by atoms with van der Waals surface area (Å²) in [6, 6.07) is 0.804. The van der Waals surface area contributed by atoms with Crippen LogP contribution in [-0.4, -0.2) is 56.7 Å². The third kappa shape index (κ3) is 3.84. The van der Waals surface area contributed by atoms with Gasteiger partial charge < -0.3 is 10.2 Å². The van der Waals surface area contributed by atoms with Crippen molar-refractivity contribution in [3.8, 4) is 0 Å². The Bertz CT molecular complexity index is 443. The minimum absolute atomic E-state index is 0. The lowest BCUT2D eigenvalue weighted by atomic mass is 10.0. The van der Waals surface area contributed by atoms with Crippen LogP contribution in [-0.2, 0) is 14.8 Å². The highest BCUT2D eigenvalue weighted by Gasteiger charge is 2.37. The average Bonchev–Trinajstić information content (AvgIpc) is 2.66. The first-order valence-corrected chi connectivity index (χ1v) is 8.32. The van der Waals surface area contributed by atoms with Crippen molar-refractivity contribution in [3.63, 3.8) is 0 Å². The van der Waals surface area contributed by atoms with E-state index >= 15 is 0 Å². The molecule has 3 unspecified atom stereocenters. The lowest BCUT2D eigenvalue weighted by Crippen LogP contribution is -2.51. The van der Waals surface area contributed by atoms with Crippen LogP contribution in [0.25, 0.3) is 0 Å². The predicted octanol–water partition coefficient (Wildman–Crippen LogP) is 0.0873. The van der Waals surface area contributed by atoms with Gasteiger partial charge in [-0.25, -0.2) is 13.1 Å². The summed E-state index contributed by atoms with van der Waals surface area (Å²) >= 11 is 0. The van der Waals surface area contributed by atoms with Crippen LogP contribution >= 0.6 is 12.4 Å². The van der Waals surface area contributed by atoms with Gasteiger partial charge in [0.1, 0.15) is 0 Å². The predicted molar refractivity (Wildman–Crippen MR) is 80.4 cm³/mol. The first-order chi connectivity index (χ1) is 8.79. The molecule has 2 N–H and O–H groups in total. The first-order valence-electron chi connectivity index (χ1n) is 6.78. The number of halogens is 1. The minimum Gasteiger partial charge on any atom is -0.348 e. The molecule has 0 spiro atoms. The van der Waals surface area contributed by atoms with Gasteiger partial charge in [0.15, 0.2) is 5.25 Å². The number of hydrogen-bond acceptors (Lipinski definition) is 4. The van der Waals surface area contributed by atoms with E-state index in [1.54, 1.807) is 14.1 Å². The summed E-state index contributed by atoms with van der Waals surface area (Å²) in [6.07, 6.45) is 3.88. The van der Waals surface area contributed by atoms with Gasteiger partial charge in [-0.2, -0.15) is 0 Å². The molecule has 20 heavy (non-hydrogen) atoms. The third-order valence-electron chi connectivity index (χ3n) is 4.06.